The van der Waals surface area contributed by atoms with E-state index in [2.05, 4.69) is 4.98 Å². The molecule has 0 unspecified atom stereocenters. The summed E-state index contributed by atoms with van der Waals surface area (Å²) in [6.07, 6.45) is 1.35. The summed E-state index contributed by atoms with van der Waals surface area (Å²) in [6.45, 7) is 1.23. The number of amides is 1. The van der Waals surface area contributed by atoms with Crippen LogP contribution in [0.2, 0.25) is 0 Å². The van der Waals surface area contributed by atoms with E-state index in [-0.39, 0.29) is 22.9 Å². The Kier molecular flexibility index (Phi) is 4.99. The largest absolute Gasteiger partial charge is 0.345 e. The fraction of sp³-hybridized carbons (Fsp3) is 0.286. The summed E-state index contributed by atoms with van der Waals surface area (Å²) in [7, 11) is -3.75. The third-order valence-electron chi connectivity index (χ3n) is 3.76. The zero-order chi connectivity index (χ0) is 18.0. The number of halogens is 1. The lowest BCUT2D eigenvalue weighted by atomic mass is 10.4. The molecule has 2 heterocycles. The van der Waals surface area contributed by atoms with Crippen molar-refractivity contribution in [2.24, 2.45) is 0 Å². The Morgan fingerprint density at radius 2 is 2.00 bits per heavy atom. The van der Waals surface area contributed by atoms with Crippen molar-refractivity contribution >= 4 is 32.4 Å². The summed E-state index contributed by atoms with van der Waals surface area (Å²) in [5, 5.41) is 9.20. The van der Waals surface area contributed by atoms with E-state index in [4.69, 9.17) is 5.21 Å². The SMILES string of the molecule is O=C(NO)c1cnc(N2CCN(S(=O)(=O)c3cccc(F)c3)CC2)s1. The molecular formula is C14H15FN4O4S2. The molecule has 1 fully saturated rings. The van der Waals surface area contributed by atoms with Crippen LogP contribution >= 0.6 is 11.3 Å². The van der Waals surface area contributed by atoms with Gasteiger partial charge in [-0.3, -0.25) is 10.0 Å². The molecule has 0 radical (unpaired) electrons. The molecule has 134 valence electrons. The number of nitrogens with one attached hydrogen (secondary N) is 1. The molecule has 0 atom stereocenters. The lowest BCUT2D eigenvalue weighted by Crippen LogP contribution is -2.48. The number of anilines is 1. The van der Waals surface area contributed by atoms with Crippen LogP contribution in [0.15, 0.2) is 35.4 Å². The summed E-state index contributed by atoms with van der Waals surface area (Å²) in [5.74, 6) is -1.24. The van der Waals surface area contributed by atoms with Crippen molar-refractivity contribution in [2.75, 3.05) is 31.1 Å². The number of piperazine rings is 1. The van der Waals surface area contributed by atoms with E-state index < -0.39 is 21.7 Å². The molecule has 0 spiro atoms. The molecule has 1 saturated heterocycles. The second kappa shape index (κ2) is 7.04. The monoisotopic (exact) mass is 386 g/mol. The molecule has 8 nitrogen and oxygen atoms in total. The normalized spacial score (nSPS) is 16.0. The maximum Gasteiger partial charge on any atom is 0.286 e. The van der Waals surface area contributed by atoms with Gasteiger partial charge in [0.25, 0.3) is 5.91 Å². The Labute approximate surface area is 147 Å². The van der Waals surface area contributed by atoms with Gasteiger partial charge >= 0.3 is 0 Å². The smallest absolute Gasteiger partial charge is 0.286 e. The Bertz CT molecular complexity index is 878. The second-order valence-electron chi connectivity index (χ2n) is 5.30. The van der Waals surface area contributed by atoms with E-state index in [0.29, 0.717) is 18.2 Å². The van der Waals surface area contributed by atoms with E-state index in [1.54, 1.807) is 5.48 Å². The highest BCUT2D eigenvalue weighted by Crippen LogP contribution is 2.25. The first-order chi connectivity index (χ1) is 11.9. The van der Waals surface area contributed by atoms with Gasteiger partial charge in [0, 0.05) is 26.2 Å². The molecule has 11 heteroatoms. The summed E-state index contributed by atoms with van der Waals surface area (Å²) in [4.78, 5) is 17.5. The first kappa shape index (κ1) is 17.7. The first-order valence-corrected chi connectivity index (χ1v) is 9.58. The number of carbonyl (C=O) groups is 1. The topological polar surface area (TPSA) is 103 Å². The zero-order valence-corrected chi connectivity index (χ0v) is 14.6. The maximum absolute atomic E-state index is 13.3. The molecule has 1 amide bonds. The number of aromatic nitrogens is 1. The second-order valence-corrected chi connectivity index (χ2v) is 8.24. The molecule has 3 rings (SSSR count). The third-order valence-corrected chi connectivity index (χ3v) is 6.71. The van der Waals surface area contributed by atoms with Crippen LogP contribution < -0.4 is 10.4 Å². The standard InChI is InChI=1S/C14H15FN4O4S2/c15-10-2-1-3-11(8-10)25(22,23)19-6-4-18(5-7-19)14-16-9-12(24-14)13(20)17-21/h1-3,8-9,21H,4-7H2,(H,17,20). The fourth-order valence-corrected chi connectivity index (χ4v) is 4.78. The minimum absolute atomic E-state index is 0.0721. The molecule has 0 aliphatic carbocycles. The number of hydroxylamine groups is 1. The number of hydrogen-bond acceptors (Lipinski definition) is 7. The zero-order valence-electron chi connectivity index (χ0n) is 12.9. The number of sulfonamides is 1. The molecule has 2 N–H and O–H groups in total. The molecule has 1 aliphatic rings. The van der Waals surface area contributed by atoms with Gasteiger partial charge in [-0.2, -0.15) is 4.31 Å². The van der Waals surface area contributed by atoms with Crippen LogP contribution in [0.3, 0.4) is 0 Å². The van der Waals surface area contributed by atoms with Crippen molar-refractivity contribution in [2.45, 2.75) is 4.90 Å². The van der Waals surface area contributed by atoms with Crippen LogP contribution in [0.5, 0.6) is 0 Å². The van der Waals surface area contributed by atoms with Crippen molar-refractivity contribution in [3.05, 3.63) is 41.2 Å². The predicted molar refractivity (Wildman–Crippen MR) is 88.7 cm³/mol. The van der Waals surface area contributed by atoms with Crippen LogP contribution in [-0.2, 0) is 10.0 Å². The van der Waals surface area contributed by atoms with Gasteiger partial charge in [-0.25, -0.2) is 23.3 Å². The Balaban J connectivity index is 1.69. The first-order valence-electron chi connectivity index (χ1n) is 7.33. The van der Waals surface area contributed by atoms with Gasteiger partial charge in [0.2, 0.25) is 10.0 Å². The Hall–Kier alpha value is -2.08. The van der Waals surface area contributed by atoms with Crippen LogP contribution in [0, 0.1) is 5.82 Å². The van der Waals surface area contributed by atoms with Crippen LogP contribution in [0.1, 0.15) is 9.67 Å². The average Bonchev–Trinajstić information content (AvgIpc) is 3.11. The average molecular weight is 386 g/mol. The number of carbonyl (C=O) groups excluding carboxylic acids is 1. The van der Waals surface area contributed by atoms with E-state index in [0.717, 1.165) is 17.4 Å². The van der Waals surface area contributed by atoms with Crippen molar-refractivity contribution in [1.82, 2.24) is 14.8 Å². The van der Waals surface area contributed by atoms with Gasteiger partial charge < -0.3 is 4.90 Å². The minimum atomic E-state index is -3.75. The van der Waals surface area contributed by atoms with Crippen LogP contribution in [0.4, 0.5) is 9.52 Å². The quantitative estimate of drug-likeness (QED) is 0.598. The molecule has 1 aromatic heterocycles. The summed E-state index contributed by atoms with van der Waals surface area (Å²) in [6, 6.07) is 4.93. The highest BCUT2D eigenvalue weighted by atomic mass is 32.2. The van der Waals surface area contributed by atoms with Gasteiger partial charge in [0.05, 0.1) is 11.1 Å². The predicted octanol–water partition coefficient (Wildman–Crippen LogP) is 0.912. The van der Waals surface area contributed by atoms with Crippen LogP contribution in [-0.4, -0.2) is 55.0 Å². The van der Waals surface area contributed by atoms with Crippen molar-refractivity contribution < 1.29 is 22.8 Å². The number of nitrogens with zero attached hydrogens (tertiary/aromatic N) is 3. The Morgan fingerprint density at radius 1 is 1.28 bits per heavy atom. The lowest BCUT2D eigenvalue weighted by Gasteiger charge is -2.33. The molecule has 0 saturated carbocycles. The highest BCUT2D eigenvalue weighted by Gasteiger charge is 2.29. The van der Waals surface area contributed by atoms with Crippen molar-refractivity contribution in [3.63, 3.8) is 0 Å². The molecule has 25 heavy (non-hydrogen) atoms. The van der Waals surface area contributed by atoms with Crippen LogP contribution in [0.25, 0.3) is 0 Å². The van der Waals surface area contributed by atoms with E-state index in [1.165, 1.54) is 28.7 Å². The van der Waals surface area contributed by atoms with Gasteiger partial charge in [-0.1, -0.05) is 17.4 Å². The van der Waals surface area contributed by atoms with Gasteiger partial charge in [0.15, 0.2) is 5.13 Å². The summed E-state index contributed by atoms with van der Waals surface area (Å²) >= 11 is 1.10. The number of benzene rings is 1. The highest BCUT2D eigenvalue weighted by molar-refractivity contribution is 7.89. The molecule has 2 aromatic rings. The summed E-state index contributed by atoms with van der Waals surface area (Å²) in [5.41, 5.74) is 1.54. The Morgan fingerprint density at radius 3 is 2.64 bits per heavy atom. The minimum Gasteiger partial charge on any atom is -0.345 e. The number of hydrogen-bond donors (Lipinski definition) is 2. The fourth-order valence-electron chi connectivity index (χ4n) is 2.47. The maximum atomic E-state index is 13.3. The van der Waals surface area contributed by atoms with E-state index in [9.17, 15) is 17.6 Å². The molecule has 1 aliphatic heterocycles. The van der Waals surface area contributed by atoms with Crippen molar-refractivity contribution in [1.29, 1.82) is 0 Å². The van der Waals surface area contributed by atoms with Gasteiger partial charge in [-0.05, 0) is 18.2 Å². The van der Waals surface area contributed by atoms with E-state index >= 15 is 0 Å². The number of rotatable bonds is 4. The van der Waals surface area contributed by atoms with E-state index in [1.807, 2.05) is 4.90 Å². The third kappa shape index (κ3) is 3.63. The molecule has 1 aromatic carbocycles. The lowest BCUT2D eigenvalue weighted by molar-refractivity contribution is 0.0710. The van der Waals surface area contributed by atoms with Gasteiger partial charge in [-0.15, -0.1) is 0 Å². The van der Waals surface area contributed by atoms with Crippen molar-refractivity contribution in [3.8, 4) is 0 Å². The molecule has 0 bridgehead atoms. The molecular weight excluding hydrogens is 371 g/mol. The number of thiazole rings is 1. The summed E-state index contributed by atoms with van der Waals surface area (Å²) < 4.78 is 39.7. The van der Waals surface area contributed by atoms with Gasteiger partial charge in [0.1, 0.15) is 10.7 Å².